The van der Waals surface area contributed by atoms with Crippen LogP contribution in [0.25, 0.3) is 0 Å². The average molecular weight is 256 g/mol. The molecule has 0 saturated carbocycles. The van der Waals surface area contributed by atoms with E-state index in [1.54, 1.807) is 21.0 Å². The van der Waals surface area contributed by atoms with Crippen molar-refractivity contribution < 1.29 is 9.53 Å². The van der Waals surface area contributed by atoms with Crippen LogP contribution in [-0.2, 0) is 4.79 Å². The van der Waals surface area contributed by atoms with Gasteiger partial charge in [-0.3, -0.25) is 4.79 Å². The minimum Gasteiger partial charge on any atom is -0.481 e. The number of rotatable bonds is 3. The topological polar surface area (TPSA) is 29.5 Å². The molecule has 3 nitrogen and oxygen atoms in total. The van der Waals surface area contributed by atoms with E-state index in [0.717, 1.165) is 16.1 Å². The predicted molar refractivity (Wildman–Crippen MR) is 69.7 cm³/mol. The first-order valence-electron chi connectivity index (χ1n) is 5.47. The molecule has 4 heteroatoms. The van der Waals surface area contributed by atoms with E-state index < -0.39 is 6.10 Å². The Hall–Kier alpha value is -1.22. The van der Waals surface area contributed by atoms with Crippen molar-refractivity contribution in [3.63, 3.8) is 0 Å². The van der Waals surface area contributed by atoms with Crippen molar-refractivity contribution in [2.24, 2.45) is 0 Å². The first-order valence-corrected chi connectivity index (χ1v) is 5.85. The Labute approximate surface area is 107 Å². The average Bonchev–Trinajstić information content (AvgIpc) is 2.24. The minimum absolute atomic E-state index is 0.0599. The van der Waals surface area contributed by atoms with Crippen LogP contribution < -0.4 is 4.74 Å². The van der Waals surface area contributed by atoms with E-state index in [-0.39, 0.29) is 5.91 Å². The molecule has 1 atom stereocenters. The highest BCUT2D eigenvalue weighted by molar-refractivity contribution is 6.32. The molecule has 0 aliphatic rings. The Morgan fingerprint density at radius 1 is 1.29 bits per heavy atom. The van der Waals surface area contributed by atoms with Crippen LogP contribution in [0.2, 0.25) is 5.02 Å². The van der Waals surface area contributed by atoms with Gasteiger partial charge in [0, 0.05) is 19.1 Å². The highest BCUT2D eigenvalue weighted by Crippen LogP contribution is 2.26. The number of halogens is 1. The molecule has 1 aromatic rings. The van der Waals surface area contributed by atoms with E-state index in [9.17, 15) is 4.79 Å². The molecule has 0 radical (unpaired) electrons. The lowest BCUT2D eigenvalue weighted by molar-refractivity contribution is -0.135. The van der Waals surface area contributed by atoms with E-state index in [4.69, 9.17) is 16.3 Å². The largest absolute Gasteiger partial charge is 0.481 e. The number of hydrogen-bond donors (Lipinski definition) is 0. The van der Waals surface area contributed by atoms with E-state index in [1.807, 2.05) is 26.0 Å². The minimum atomic E-state index is -0.495. The fourth-order valence-electron chi connectivity index (χ4n) is 1.59. The molecule has 0 N–H and O–H groups in total. The van der Waals surface area contributed by atoms with Crippen molar-refractivity contribution >= 4 is 17.5 Å². The summed E-state index contributed by atoms with van der Waals surface area (Å²) in [4.78, 5) is 13.2. The lowest BCUT2D eigenvalue weighted by Crippen LogP contribution is -2.35. The van der Waals surface area contributed by atoms with Crippen LogP contribution in [0.15, 0.2) is 12.1 Å². The van der Waals surface area contributed by atoms with Crippen LogP contribution in [0.1, 0.15) is 18.1 Å². The molecule has 0 unspecified atom stereocenters. The van der Waals surface area contributed by atoms with Gasteiger partial charge in [0.05, 0.1) is 0 Å². The number of amides is 1. The Kier molecular flexibility index (Phi) is 4.40. The molecule has 0 spiro atoms. The van der Waals surface area contributed by atoms with Crippen molar-refractivity contribution in [1.29, 1.82) is 0 Å². The normalized spacial score (nSPS) is 12.1. The van der Waals surface area contributed by atoms with Crippen molar-refractivity contribution in [3.05, 3.63) is 28.3 Å². The first-order chi connectivity index (χ1) is 7.82. The molecular formula is C13H18ClNO2. The van der Waals surface area contributed by atoms with E-state index >= 15 is 0 Å². The van der Waals surface area contributed by atoms with Crippen molar-refractivity contribution in [1.82, 2.24) is 4.90 Å². The molecule has 1 rings (SSSR count). The molecule has 0 aromatic heterocycles. The van der Waals surface area contributed by atoms with E-state index in [2.05, 4.69) is 0 Å². The van der Waals surface area contributed by atoms with Gasteiger partial charge >= 0.3 is 0 Å². The van der Waals surface area contributed by atoms with Crippen molar-refractivity contribution in [2.45, 2.75) is 26.9 Å². The second-order valence-corrected chi connectivity index (χ2v) is 4.74. The number of aryl methyl sites for hydroxylation is 2. The lowest BCUT2D eigenvalue weighted by Gasteiger charge is -2.19. The maximum absolute atomic E-state index is 11.7. The fraction of sp³-hybridized carbons (Fsp3) is 0.462. The molecule has 17 heavy (non-hydrogen) atoms. The third-order valence-electron chi connectivity index (χ3n) is 2.51. The molecule has 0 aliphatic carbocycles. The van der Waals surface area contributed by atoms with Gasteiger partial charge in [0.15, 0.2) is 6.10 Å². The van der Waals surface area contributed by atoms with Crippen LogP contribution in [0, 0.1) is 13.8 Å². The van der Waals surface area contributed by atoms with Gasteiger partial charge in [0.1, 0.15) is 5.75 Å². The maximum atomic E-state index is 11.7. The lowest BCUT2D eigenvalue weighted by atomic mass is 10.1. The van der Waals surface area contributed by atoms with E-state index in [1.165, 1.54) is 4.90 Å². The molecule has 1 aromatic carbocycles. The Balaban J connectivity index is 2.86. The zero-order chi connectivity index (χ0) is 13.2. The standard InChI is InChI=1S/C13H18ClNO2/c1-8-6-11(7-9(2)12(8)14)17-10(3)13(16)15(4)5/h6-7,10H,1-5H3/t10-/m0/s1. The number of carbonyl (C=O) groups excluding carboxylic acids is 1. The summed E-state index contributed by atoms with van der Waals surface area (Å²) in [6.45, 7) is 5.57. The van der Waals surface area contributed by atoms with Gasteiger partial charge in [0.25, 0.3) is 5.91 Å². The van der Waals surface area contributed by atoms with Gasteiger partial charge in [0.2, 0.25) is 0 Å². The second-order valence-electron chi connectivity index (χ2n) is 4.36. The molecule has 0 fully saturated rings. The quantitative estimate of drug-likeness (QED) is 0.831. The summed E-state index contributed by atoms with van der Waals surface area (Å²) < 4.78 is 5.60. The molecule has 1 amide bonds. The smallest absolute Gasteiger partial charge is 0.262 e. The number of likely N-dealkylation sites (N-methyl/N-ethyl adjacent to an activating group) is 1. The third kappa shape index (κ3) is 3.37. The Bertz CT molecular complexity index is 406. The molecule has 0 aliphatic heterocycles. The third-order valence-corrected chi connectivity index (χ3v) is 3.11. The number of carbonyl (C=O) groups is 1. The van der Waals surface area contributed by atoms with Crippen molar-refractivity contribution in [2.75, 3.05) is 14.1 Å². The zero-order valence-corrected chi connectivity index (χ0v) is 11.6. The SMILES string of the molecule is Cc1cc(O[C@@H](C)C(=O)N(C)C)cc(C)c1Cl. The monoisotopic (exact) mass is 255 g/mol. The molecule has 94 valence electrons. The first kappa shape index (κ1) is 13.8. The summed E-state index contributed by atoms with van der Waals surface area (Å²) in [6, 6.07) is 3.68. The fourth-order valence-corrected chi connectivity index (χ4v) is 1.70. The molecular weight excluding hydrogens is 238 g/mol. The summed E-state index contributed by atoms with van der Waals surface area (Å²) in [5, 5.41) is 0.740. The van der Waals surface area contributed by atoms with Gasteiger partial charge in [-0.15, -0.1) is 0 Å². The Morgan fingerprint density at radius 3 is 2.18 bits per heavy atom. The highest BCUT2D eigenvalue weighted by atomic mass is 35.5. The summed E-state index contributed by atoms with van der Waals surface area (Å²) >= 11 is 6.07. The second kappa shape index (κ2) is 5.41. The van der Waals surface area contributed by atoms with Gasteiger partial charge in [-0.2, -0.15) is 0 Å². The molecule has 0 heterocycles. The molecule has 0 saturated heterocycles. The number of benzene rings is 1. The number of ether oxygens (including phenoxy) is 1. The summed E-state index contributed by atoms with van der Waals surface area (Å²) in [5.74, 6) is 0.613. The van der Waals surface area contributed by atoms with Gasteiger partial charge in [-0.1, -0.05) is 11.6 Å². The predicted octanol–water partition coefficient (Wildman–Crippen LogP) is 2.81. The Morgan fingerprint density at radius 2 is 1.76 bits per heavy atom. The number of hydrogen-bond acceptors (Lipinski definition) is 2. The highest BCUT2D eigenvalue weighted by Gasteiger charge is 2.17. The van der Waals surface area contributed by atoms with Crippen LogP contribution in [-0.4, -0.2) is 31.0 Å². The van der Waals surface area contributed by atoms with Crippen molar-refractivity contribution in [3.8, 4) is 5.75 Å². The summed E-state index contributed by atoms with van der Waals surface area (Å²) in [7, 11) is 3.42. The summed E-state index contributed by atoms with van der Waals surface area (Å²) in [6.07, 6.45) is -0.495. The zero-order valence-electron chi connectivity index (χ0n) is 10.9. The molecule has 0 bridgehead atoms. The van der Waals surface area contributed by atoms with Gasteiger partial charge in [-0.25, -0.2) is 0 Å². The number of nitrogens with zero attached hydrogens (tertiary/aromatic N) is 1. The summed E-state index contributed by atoms with van der Waals surface area (Å²) in [5.41, 5.74) is 1.90. The van der Waals surface area contributed by atoms with Crippen LogP contribution in [0.5, 0.6) is 5.75 Å². The van der Waals surface area contributed by atoms with Crippen LogP contribution in [0.4, 0.5) is 0 Å². The van der Waals surface area contributed by atoms with E-state index in [0.29, 0.717) is 5.75 Å². The maximum Gasteiger partial charge on any atom is 0.262 e. The van der Waals surface area contributed by atoms with Gasteiger partial charge in [-0.05, 0) is 44.0 Å². The van der Waals surface area contributed by atoms with Crippen LogP contribution in [0.3, 0.4) is 0 Å². The van der Waals surface area contributed by atoms with Gasteiger partial charge < -0.3 is 9.64 Å². The van der Waals surface area contributed by atoms with Crippen LogP contribution >= 0.6 is 11.6 Å².